The molecule has 0 amide bonds. The lowest BCUT2D eigenvalue weighted by molar-refractivity contribution is 0.894. The molecule has 3 heteroatoms. The van der Waals surface area contributed by atoms with Crippen molar-refractivity contribution in [2.75, 3.05) is 23.7 Å². The molecule has 0 saturated carbocycles. The predicted molar refractivity (Wildman–Crippen MR) is 107 cm³/mol. The third kappa shape index (κ3) is 3.67. The van der Waals surface area contributed by atoms with E-state index in [4.69, 9.17) is 10.7 Å². The average molecular weight is 321 g/mol. The van der Waals surface area contributed by atoms with E-state index < -0.39 is 0 Å². The highest BCUT2D eigenvalue weighted by atomic mass is 15.2. The summed E-state index contributed by atoms with van der Waals surface area (Å²) in [5.41, 5.74) is 10.7. The van der Waals surface area contributed by atoms with Gasteiger partial charge in [-0.1, -0.05) is 62.4 Å². The highest BCUT2D eigenvalue weighted by molar-refractivity contribution is 5.95. The van der Waals surface area contributed by atoms with Crippen LogP contribution in [0.25, 0.3) is 10.9 Å². The molecule has 3 rings (SSSR count). The molecular formula is C21H27N3. The first-order chi connectivity index (χ1) is 11.7. The molecule has 126 valence electrons. The van der Waals surface area contributed by atoms with Gasteiger partial charge in [-0.3, -0.25) is 0 Å². The van der Waals surface area contributed by atoms with E-state index in [2.05, 4.69) is 42.7 Å². The topological polar surface area (TPSA) is 42.2 Å². The van der Waals surface area contributed by atoms with Gasteiger partial charge < -0.3 is 10.6 Å². The Bertz CT molecular complexity index is 772. The maximum absolute atomic E-state index is 6.39. The van der Waals surface area contributed by atoms with Crippen LogP contribution in [0.3, 0.4) is 0 Å². The van der Waals surface area contributed by atoms with E-state index in [1.54, 1.807) is 6.08 Å². The van der Waals surface area contributed by atoms with Crippen LogP contribution >= 0.6 is 0 Å². The Morgan fingerprint density at radius 2 is 2.04 bits per heavy atom. The van der Waals surface area contributed by atoms with Crippen molar-refractivity contribution in [3.8, 4) is 0 Å². The number of fused-ring (bicyclic) bond motifs is 2. The minimum absolute atomic E-state index is 0.846. The van der Waals surface area contributed by atoms with Gasteiger partial charge in [0.1, 0.15) is 5.82 Å². The lowest BCUT2D eigenvalue weighted by Gasteiger charge is -2.17. The minimum Gasteiger partial charge on any atom is -0.398 e. The molecular weight excluding hydrogens is 294 g/mol. The van der Waals surface area contributed by atoms with Gasteiger partial charge in [-0.25, -0.2) is 4.98 Å². The number of aromatic nitrogens is 1. The normalized spacial score (nSPS) is 13.4. The van der Waals surface area contributed by atoms with Gasteiger partial charge in [0.15, 0.2) is 0 Å². The Balaban J connectivity index is 0.00000100. The van der Waals surface area contributed by atoms with Crippen LogP contribution < -0.4 is 10.6 Å². The van der Waals surface area contributed by atoms with E-state index in [0.29, 0.717) is 0 Å². The molecule has 0 bridgehead atoms. The second-order valence-electron chi connectivity index (χ2n) is 5.59. The number of rotatable bonds is 4. The zero-order valence-corrected chi connectivity index (χ0v) is 14.9. The van der Waals surface area contributed by atoms with Crippen molar-refractivity contribution in [3.63, 3.8) is 0 Å². The number of anilines is 2. The highest BCUT2D eigenvalue weighted by Crippen LogP contribution is 2.35. The lowest BCUT2D eigenvalue weighted by atomic mass is 10.1. The van der Waals surface area contributed by atoms with E-state index in [0.717, 1.165) is 41.9 Å². The number of aryl methyl sites for hydroxylation is 1. The number of hydrogen-bond acceptors (Lipinski definition) is 3. The fourth-order valence-electron chi connectivity index (χ4n) is 2.88. The Labute approximate surface area is 145 Å². The number of nitrogens with two attached hydrogens (primary N) is 1. The van der Waals surface area contributed by atoms with Crippen molar-refractivity contribution in [2.45, 2.75) is 27.2 Å². The second-order valence-corrected chi connectivity index (χ2v) is 5.59. The van der Waals surface area contributed by atoms with Gasteiger partial charge in [-0.15, -0.1) is 0 Å². The summed E-state index contributed by atoms with van der Waals surface area (Å²) in [6.45, 7) is 11.6. The van der Waals surface area contributed by atoms with Gasteiger partial charge >= 0.3 is 0 Å². The lowest BCUT2D eigenvalue weighted by Crippen LogP contribution is -2.21. The summed E-state index contributed by atoms with van der Waals surface area (Å²) in [6, 6.07) is 6.27. The molecule has 3 nitrogen and oxygen atoms in total. The van der Waals surface area contributed by atoms with Crippen LogP contribution in [0.15, 0.2) is 55.2 Å². The molecule has 0 fully saturated rings. The molecule has 2 N–H and O–H groups in total. The van der Waals surface area contributed by atoms with Gasteiger partial charge in [0.2, 0.25) is 0 Å². The molecule has 2 heterocycles. The Hall–Kier alpha value is -2.55. The molecule has 0 atom stereocenters. The van der Waals surface area contributed by atoms with Crippen LogP contribution in [0.4, 0.5) is 11.5 Å². The van der Waals surface area contributed by atoms with Crippen molar-refractivity contribution in [1.82, 2.24) is 4.98 Å². The zero-order valence-electron chi connectivity index (χ0n) is 14.9. The van der Waals surface area contributed by atoms with E-state index in [1.807, 2.05) is 32.1 Å². The van der Waals surface area contributed by atoms with E-state index in [9.17, 15) is 0 Å². The predicted octanol–water partition coefficient (Wildman–Crippen LogP) is 4.81. The fraction of sp³-hybridized carbons (Fsp3) is 0.286. The summed E-state index contributed by atoms with van der Waals surface area (Å²) >= 11 is 0. The van der Waals surface area contributed by atoms with Crippen LogP contribution in [0.2, 0.25) is 0 Å². The van der Waals surface area contributed by atoms with Crippen LogP contribution in [0.1, 0.15) is 25.0 Å². The molecule has 1 aliphatic rings. The van der Waals surface area contributed by atoms with Crippen molar-refractivity contribution >= 4 is 22.4 Å². The smallest absolute Gasteiger partial charge is 0.134 e. The van der Waals surface area contributed by atoms with Gasteiger partial charge in [-0.05, 0) is 25.5 Å². The number of nitrogens with zero attached hydrogens (tertiary/aromatic N) is 2. The molecule has 1 aromatic heterocycles. The van der Waals surface area contributed by atoms with Crippen LogP contribution in [0, 0.1) is 6.92 Å². The third-order valence-corrected chi connectivity index (χ3v) is 4.02. The largest absolute Gasteiger partial charge is 0.398 e. The number of pyridine rings is 1. The summed E-state index contributed by atoms with van der Waals surface area (Å²) in [7, 11) is 0. The summed E-state index contributed by atoms with van der Waals surface area (Å²) in [4.78, 5) is 7.11. The molecule has 0 saturated heterocycles. The first kappa shape index (κ1) is 17.8. The van der Waals surface area contributed by atoms with Crippen LogP contribution in [-0.4, -0.2) is 18.1 Å². The number of allylic oxidation sites excluding steroid dienone is 4. The summed E-state index contributed by atoms with van der Waals surface area (Å²) in [6.07, 6.45) is 10.8. The highest BCUT2D eigenvalue weighted by Gasteiger charge is 2.23. The van der Waals surface area contributed by atoms with E-state index >= 15 is 0 Å². The molecule has 0 spiro atoms. The van der Waals surface area contributed by atoms with Crippen molar-refractivity contribution in [1.29, 1.82) is 0 Å². The quantitative estimate of drug-likeness (QED) is 0.822. The molecule has 0 unspecified atom stereocenters. The molecule has 2 aromatic rings. The summed E-state index contributed by atoms with van der Waals surface area (Å²) in [5, 5.41) is 1.07. The third-order valence-electron chi connectivity index (χ3n) is 4.02. The Kier molecular flexibility index (Phi) is 6.19. The Morgan fingerprint density at radius 1 is 1.25 bits per heavy atom. The first-order valence-electron chi connectivity index (χ1n) is 8.58. The molecule has 1 aromatic carbocycles. The Morgan fingerprint density at radius 3 is 2.79 bits per heavy atom. The van der Waals surface area contributed by atoms with Crippen molar-refractivity contribution in [3.05, 3.63) is 66.3 Å². The fourth-order valence-corrected chi connectivity index (χ4v) is 2.88. The number of hydrogen-bond donors (Lipinski definition) is 1. The van der Waals surface area contributed by atoms with Crippen molar-refractivity contribution in [2.24, 2.45) is 0 Å². The molecule has 1 aliphatic heterocycles. The SMILES string of the molecule is C=C/C=C\C=C\CN1CCc2c1nc1ccc(C)cc1c2N.CC. The molecule has 0 radical (unpaired) electrons. The average Bonchev–Trinajstić information content (AvgIpc) is 3.01. The van der Waals surface area contributed by atoms with Crippen molar-refractivity contribution < 1.29 is 0 Å². The zero-order chi connectivity index (χ0) is 17.5. The van der Waals surface area contributed by atoms with Gasteiger partial charge in [0.25, 0.3) is 0 Å². The monoisotopic (exact) mass is 321 g/mol. The maximum atomic E-state index is 6.39. The van der Waals surface area contributed by atoms with Gasteiger partial charge in [0.05, 0.1) is 5.52 Å². The van der Waals surface area contributed by atoms with E-state index in [-0.39, 0.29) is 0 Å². The van der Waals surface area contributed by atoms with Crippen LogP contribution in [0.5, 0.6) is 0 Å². The summed E-state index contributed by atoms with van der Waals surface area (Å²) in [5.74, 6) is 1.03. The first-order valence-corrected chi connectivity index (χ1v) is 8.58. The van der Waals surface area contributed by atoms with E-state index in [1.165, 1.54) is 11.1 Å². The maximum Gasteiger partial charge on any atom is 0.134 e. The molecule has 24 heavy (non-hydrogen) atoms. The van der Waals surface area contributed by atoms with Gasteiger partial charge in [-0.2, -0.15) is 0 Å². The minimum atomic E-state index is 0.846. The van der Waals surface area contributed by atoms with Crippen LogP contribution in [-0.2, 0) is 6.42 Å². The summed E-state index contributed by atoms with van der Waals surface area (Å²) < 4.78 is 0. The molecule has 0 aliphatic carbocycles. The number of nitrogen functional groups attached to an aromatic ring is 1. The van der Waals surface area contributed by atoms with Gasteiger partial charge in [0, 0.05) is 29.7 Å². The number of benzene rings is 1. The standard InChI is InChI=1S/C19H21N3.C2H6/c1-3-4-5-6-7-11-22-12-10-15-18(20)16-13-14(2)8-9-17(16)21-19(15)22;1-2/h3-9,13H,1,10-12H2,2H3,(H2,20,21);1-2H3/b5-4-,7-6+;. The second kappa shape index (κ2) is 8.34.